The summed E-state index contributed by atoms with van der Waals surface area (Å²) in [7, 11) is 3.15. The van der Waals surface area contributed by atoms with E-state index in [1.54, 1.807) is 44.6 Å². The fourth-order valence-corrected chi connectivity index (χ4v) is 1.97. The van der Waals surface area contributed by atoms with Crippen LogP contribution >= 0.6 is 0 Å². The number of ether oxygens (including phenoxy) is 3. The Balaban J connectivity index is 1.72. The molecule has 2 aromatic carbocycles. The lowest BCUT2D eigenvalue weighted by molar-refractivity contribution is 0.253. The van der Waals surface area contributed by atoms with Crippen LogP contribution in [0.2, 0.25) is 0 Å². The number of carbonyl (C=O) groups is 1. The lowest BCUT2D eigenvalue weighted by Crippen LogP contribution is -2.28. The summed E-state index contributed by atoms with van der Waals surface area (Å²) in [6, 6.07) is 14.1. The van der Waals surface area contributed by atoms with E-state index in [0.717, 1.165) is 0 Å². The number of hydrogen-bond acceptors (Lipinski definition) is 4. The average molecular weight is 340 g/mol. The van der Waals surface area contributed by atoms with Crippen molar-refractivity contribution in [3.8, 4) is 29.1 Å². The van der Waals surface area contributed by atoms with Crippen LogP contribution in [0.5, 0.6) is 17.2 Å². The third-order valence-corrected chi connectivity index (χ3v) is 3.16. The van der Waals surface area contributed by atoms with Gasteiger partial charge in [0.2, 0.25) is 0 Å². The highest BCUT2D eigenvalue weighted by Gasteiger charge is 2.02. The summed E-state index contributed by atoms with van der Waals surface area (Å²) < 4.78 is 15.8. The summed E-state index contributed by atoms with van der Waals surface area (Å²) in [4.78, 5) is 11.8. The van der Waals surface area contributed by atoms with E-state index < -0.39 is 0 Å². The average Bonchev–Trinajstić information content (AvgIpc) is 2.65. The van der Waals surface area contributed by atoms with Crippen LogP contribution in [0.15, 0.2) is 48.5 Å². The number of anilines is 1. The molecule has 0 aliphatic carbocycles. The topological polar surface area (TPSA) is 68.8 Å². The van der Waals surface area contributed by atoms with Crippen LogP contribution in [0, 0.1) is 11.8 Å². The maximum absolute atomic E-state index is 11.8. The van der Waals surface area contributed by atoms with E-state index in [2.05, 4.69) is 22.5 Å². The first-order valence-electron chi connectivity index (χ1n) is 7.63. The second-order valence-corrected chi connectivity index (χ2v) is 4.83. The molecule has 0 radical (unpaired) electrons. The molecule has 0 bridgehead atoms. The van der Waals surface area contributed by atoms with E-state index in [-0.39, 0.29) is 19.2 Å². The van der Waals surface area contributed by atoms with Gasteiger partial charge in [0.15, 0.2) is 11.5 Å². The van der Waals surface area contributed by atoms with E-state index in [1.807, 2.05) is 18.2 Å². The molecule has 2 N–H and O–H groups in total. The molecule has 6 heteroatoms. The van der Waals surface area contributed by atoms with Crippen LogP contribution in [0.1, 0.15) is 0 Å². The molecule has 25 heavy (non-hydrogen) atoms. The zero-order chi connectivity index (χ0) is 17.9. The Bertz CT molecular complexity index is 765. The van der Waals surface area contributed by atoms with E-state index in [0.29, 0.717) is 22.9 Å². The van der Waals surface area contributed by atoms with Crippen LogP contribution in [0.3, 0.4) is 0 Å². The standard InChI is InChI=1S/C19H20N2O4/c1-23-16-9-7-8-15(14-16)21-19(22)20-12-5-6-13-25-18-11-4-3-10-17(18)24-2/h3-4,7-11,14H,12-13H2,1-2H3,(H2,20,21,22). The first-order chi connectivity index (χ1) is 12.2. The van der Waals surface area contributed by atoms with Crippen molar-refractivity contribution in [1.29, 1.82) is 0 Å². The summed E-state index contributed by atoms with van der Waals surface area (Å²) in [6.07, 6.45) is 0. The number of amides is 2. The van der Waals surface area contributed by atoms with Crippen LogP contribution in [0.4, 0.5) is 10.5 Å². The van der Waals surface area contributed by atoms with E-state index in [1.165, 1.54) is 0 Å². The quantitative estimate of drug-likeness (QED) is 0.794. The molecule has 130 valence electrons. The van der Waals surface area contributed by atoms with Gasteiger partial charge in [0.1, 0.15) is 12.4 Å². The van der Waals surface area contributed by atoms with Gasteiger partial charge in [-0.25, -0.2) is 4.79 Å². The van der Waals surface area contributed by atoms with Gasteiger partial charge in [-0.05, 0) is 24.3 Å². The maximum atomic E-state index is 11.8. The number of methoxy groups -OCH3 is 2. The second-order valence-electron chi connectivity index (χ2n) is 4.83. The monoisotopic (exact) mass is 340 g/mol. The molecule has 0 fully saturated rings. The van der Waals surface area contributed by atoms with Crippen molar-refractivity contribution >= 4 is 11.7 Å². The molecule has 0 spiro atoms. The summed E-state index contributed by atoms with van der Waals surface area (Å²) in [5.74, 6) is 7.61. The summed E-state index contributed by atoms with van der Waals surface area (Å²) >= 11 is 0. The Labute approximate surface area is 147 Å². The Kier molecular flexibility index (Phi) is 7.01. The predicted molar refractivity (Wildman–Crippen MR) is 96.3 cm³/mol. The smallest absolute Gasteiger partial charge is 0.319 e. The Morgan fingerprint density at radius 3 is 2.56 bits per heavy atom. The lowest BCUT2D eigenvalue weighted by atomic mass is 10.3. The van der Waals surface area contributed by atoms with Crippen molar-refractivity contribution in [3.05, 3.63) is 48.5 Å². The number of benzene rings is 2. The van der Waals surface area contributed by atoms with Crippen LogP contribution in [-0.2, 0) is 0 Å². The van der Waals surface area contributed by atoms with Gasteiger partial charge in [-0.2, -0.15) is 0 Å². The summed E-state index contributed by atoms with van der Waals surface area (Å²) in [6.45, 7) is 0.421. The highest BCUT2D eigenvalue weighted by molar-refractivity contribution is 5.89. The van der Waals surface area contributed by atoms with Gasteiger partial charge in [0.25, 0.3) is 0 Å². The molecule has 0 aromatic heterocycles. The number of urea groups is 1. The third kappa shape index (κ3) is 5.99. The van der Waals surface area contributed by atoms with Crippen molar-refractivity contribution in [3.63, 3.8) is 0 Å². The van der Waals surface area contributed by atoms with Crippen molar-refractivity contribution in [2.24, 2.45) is 0 Å². The number of para-hydroxylation sites is 2. The lowest BCUT2D eigenvalue weighted by Gasteiger charge is -2.07. The number of rotatable bonds is 6. The predicted octanol–water partition coefficient (Wildman–Crippen LogP) is 2.91. The summed E-state index contributed by atoms with van der Waals surface area (Å²) in [5.41, 5.74) is 0.643. The van der Waals surface area contributed by atoms with Gasteiger partial charge in [0, 0.05) is 11.8 Å². The largest absolute Gasteiger partial charge is 0.497 e. The number of nitrogens with one attached hydrogen (secondary N) is 2. The van der Waals surface area contributed by atoms with Gasteiger partial charge in [-0.1, -0.05) is 30.0 Å². The highest BCUT2D eigenvalue weighted by atomic mass is 16.5. The Hall–Kier alpha value is -3.33. The molecule has 0 saturated heterocycles. The molecule has 2 rings (SSSR count). The molecule has 2 aromatic rings. The van der Waals surface area contributed by atoms with Gasteiger partial charge < -0.3 is 24.8 Å². The Morgan fingerprint density at radius 1 is 1.00 bits per heavy atom. The minimum atomic E-state index is -0.340. The second kappa shape index (κ2) is 9.73. The van der Waals surface area contributed by atoms with Crippen molar-refractivity contribution in [2.75, 3.05) is 32.7 Å². The first-order valence-corrected chi connectivity index (χ1v) is 7.63. The van der Waals surface area contributed by atoms with Gasteiger partial charge in [-0.3, -0.25) is 0 Å². The van der Waals surface area contributed by atoms with Gasteiger partial charge in [0.05, 0.1) is 20.8 Å². The highest BCUT2D eigenvalue weighted by Crippen LogP contribution is 2.25. The Morgan fingerprint density at radius 2 is 1.80 bits per heavy atom. The summed E-state index contributed by atoms with van der Waals surface area (Å²) in [5, 5.41) is 5.35. The van der Waals surface area contributed by atoms with Crippen LogP contribution < -0.4 is 24.8 Å². The minimum absolute atomic E-state index is 0.208. The third-order valence-electron chi connectivity index (χ3n) is 3.16. The zero-order valence-electron chi connectivity index (χ0n) is 14.2. The normalized spacial score (nSPS) is 9.36. The molecule has 2 amide bonds. The minimum Gasteiger partial charge on any atom is -0.497 e. The van der Waals surface area contributed by atoms with Gasteiger partial charge >= 0.3 is 6.03 Å². The molecule has 0 unspecified atom stereocenters. The van der Waals surface area contributed by atoms with Crippen molar-refractivity contribution in [1.82, 2.24) is 5.32 Å². The van der Waals surface area contributed by atoms with Crippen LogP contribution in [0.25, 0.3) is 0 Å². The molecule has 0 aliphatic rings. The van der Waals surface area contributed by atoms with E-state index in [4.69, 9.17) is 14.2 Å². The fourth-order valence-electron chi connectivity index (χ4n) is 1.97. The van der Waals surface area contributed by atoms with E-state index in [9.17, 15) is 4.79 Å². The molecule has 0 saturated carbocycles. The number of hydrogen-bond donors (Lipinski definition) is 2. The first kappa shape index (κ1) is 18.0. The zero-order valence-corrected chi connectivity index (χ0v) is 14.2. The maximum Gasteiger partial charge on any atom is 0.319 e. The van der Waals surface area contributed by atoms with E-state index >= 15 is 0 Å². The SMILES string of the molecule is COc1cccc(NC(=O)NCC#CCOc2ccccc2OC)c1. The molecule has 0 atom stereocenters. The number of carbonyl (C=O) groups excluding carboxylic acids is 1. The molecule has 0 aliphatic heterocycles. The van der Waals surface area contributed by atoms with Gasteiger partial charge in [-0.15, -0.1) is 0 Å². The molecular formula is C19H20N2O4. The molecular weight excluding hydrogens is 320 g/mol. The molecule has 0 heterocycles. The van der Waals surface area contributed by atoms with Crippen molar-refractivity contribution < 1.29 is 19.0 Å². The van der Waals surface area contributed by atoms with Crippen LogP contribution in [-0.4, -0.2) is 33.4 Å². The fraction of sp³-hybridized carbons (Fsp3) is 0.211. The molecule has 6 nitrogen and oxygen atoms in total. The van der Waals surface area contributed by atoms with Crippen molar-refractivity contribution in [2.45, 2.75) is 0 Å².